The standard InChI is InChI=1S/C10H18O.CH4/c1-6-7(2)10-8(3)11-5-4-9(6)10;/h6-10H,4-5H2,1-3H3;1H4. The zero-order chi connectivity index (χ0) is 8.01. The van der Waals surface area contributed by atoms with Gasteiger partial charge < -0.3 is 4.74 Å². The molecule has 1 aliphatic heterocycles. The summed E-state index contributed by atoms with van der Waals surface area (Å²) < 4.78 is 5.63. The van der Waals surface area contributed by atoms with Crippen molar-refractivity contribution < 1.29 is 4.74 Å². The van der Waals surface area contributed by atoms with Crippen molar-refractivity contribution in [2.45, 2.75) is 40.7 Å². The molecular weight excluding hydrogens is 148 g/mol. The van der Waals surface area contributed by atoms with E-state index in [1.807, 2.05) is 0 Å². The molecule has 1 heteroatoms. The summed E-state index contributed by atoms with van der Waals surface area (Å²) in [5.74, 6) is 3.70. The van der Waals surface area contributed by atoms with E-state index in [1.54, 1.807) is 0 Å². The van der Waals surface area contributed by atoms with E-state index in [-0.39, 0.29) is 7.43 Å². The number of hydrogen-bond donors (Lipinski definition) is 0. The van der Waals surface area contributed by atoms with Gasteiger partial charge >= 0.3 is 0 Å². The minimum Gasteiger partial charge on any atom is -0.378 e. The molecule has 0 spiro atoms. The topological polar surface area (TPSA) is 9.23 Å². The molecule has 5 atom stereocenters. The third-order valence-electron chi connectivity index (χ3n) is 3.98. The fourth-order valence-electron chi connectivity index (χ4n) is 3.07. The number of rotatable bonds is 0. The first kappa shape index (κ1) is 10.0. The lowest BCUT2D eigenvalue weighted by molar-refractivity contribution is -0.152. The van der Waals surface area contributed by atoms with Crippen LogP contribution in [-0.2, 0) is 4.74 Å². The van der Waals surface area contributed by atoms with E-state index in [0.29, 0.717) is 6.10 Å². The Hall–Kier alpha value is -0.0400. The van der Waals surface area contributed by atoms with Gasteiger partial charge in [0.2, 0.25) is 0 Å². The van der Waals surface area contributed by atoms with Crippen LogP contribution in [0.5, 0.6) is 0 Å². The normalized spacial score (nSPS) is 51.8. The molecular formula is C11H22O. The minimum absolute atomic E-state index is 0. The first-order valence-electron chi connectivity index (χ1n) is 4.83. The Morgan fingerprint density at radius 3 is 2.33 bits per heavy atom. The molecule has 1 heterocycles. The Balaban J connectivity index is 0.000000720. The lowest BCUT2D eigenvalue weighted by atomic mass is 9.54. The summed E-state index contributed by atoms with van der Waals surface area (Å²) in [6.45, 7) is 8.00. The van der Waals surface area contributed by atoms with Crippen molar-refractivity contribution in [3.05, 3.63) is 0 Å². The molecule has 2 fully saturated rings. The van der Waals surface area contributed by atoms with Crippen LogP contribution in [0.4, 0.5) is 0 Å². The highest BCUT2D eigenvalue weighted by Crippen LogP contribution is 2.51. The quantitative estimate of drug-likeness (QED) is 0.543. The molecule has 1 saturated heterocycles. The van der Waals surface area contributed by atoms with Crippen molar-refractivity contribution in [1.82, 2.24) is 0 Å². The van der Waals surface area contributed by atoms with E-state index in [9.17, 15) is 0 Å². The summed E-state index contributed by atoms with van der Waals surface area (Å²) >= 11 is 0. The molecule has 72 valence electrons. The van der Waals surface area contributed by atoms with Gasteiger partial charge in [-0.1, -0.05) is 21.3 Å². The van der Waals surface area contributed by atoms with Crippen LogP contribution in [0.1, 0.15) is 34.6 Å². The Bertz CT molecular complexity index is 151. The predicted molar refractivity (Wildman–Crippen MR) is 52.1 cm³/mol. The van der Waals surface area contributed by atoms with E-state index >= 15 is 0 Å². The van der Waals surface area contributed by atoms with E-state index in [4.69, 9.17) is 4.74 Å². The zero-order valence-electron chi connectivity index (χ0n) is 7.71. The second kappa shape index (κ2) is 3.37. The van der Waals surface area contributed by atoms with Gasteiger partial charge in [0.25, 0.3) is 0 Å². The summed E-state index contributed by atoms with van der Waals surface area (Å²) in [6, 6.07) is 0. The molecule has 0 amide bonds. The molecule has 0 radical (unpaired) electrons. The van der Waals surface area contributed by atoms with Crippen molar-refractivity contribution in [2.75, 3.05) is 6.61 Å². The van der Waals surface area contributed by atoms with Crippen LogP contribution in [0.15, 0.2) is 0 Å². The third kappa shape index (κ3) is 1.19. The summed E-state index contributed by atoms with van der Waals surface area (Å²) in [4.78, 5) is 0. The summed E-state index contributed by atoms with van der Waals surface area (Å²) in [5, 5.41) is 0. The minimum atomic E-state index is 0. The van der Waals surface area contributed by atoms with Gasteiger partial charge in [-0.25, -0.2) is 0 Å². The summed E-state index contributed by atoms with van der Waals surface area (Å²) in [5.41, 5.74) is 0. The fraction of sp³-hybridized carbons (Fsp3) is 1.00. The third-order valence-corrected chi connectivity index (χ3v) is 3.98. The van der Waals surface area contributed by atoms with Gasteiger partial charge in [0.15, 0.2) is 0 Å². The predicted octanol–water partition coefficient (Wildman–Crippen LogP) is 2.95. The van der Waals surface area contributed by atoms with E-state index in [0.717, 1.165) is 30.3 Å². The molecule has 1 nitrogen and oxygen atoms in total. The Morgan fingerprint density at radius 2 is 1.75 bits per heavy atom. The first-order valence-corrected chi connectivity index (χ1v) is 4.83. The monoisotopic (exact) mass is 170 g/mol. The molecule has 2 aliphatic rings. The lowest BCUT2D eigenvalue weighted by Gasteiger charge is -2.54. The maximum Gasteiger partial charge on any atom is 0.0580 e. The highest BCUT2D eigenvalue weighted by molar-refractivity contribution is 4.97. The van der Waals surface area contributed by atoms with Gasteiger partial charge in [0, 0.05) is 6.61 Å². The van der Waals surface area contributed by atoms with Crippen molar-refractivity contribution in [3.8, 4) is 0 Å². The molecule has 1 aliphatic carbocycles. The number of fused-ring (bicyclic) bond motifs is 1. The first-order chi connectivity index (χ1) is 5.22. The van der Waals surface area contributed by atoms with Gasteiger partial charge in [-0.3, -0.25) is 0 Å². The van der Waals surface area contributed by atoms with Gasteiger partial charge in [-0.2, -0.15) is 0 Å². The smallest absolute Gasteiger partial charge is 0.0580 e. The van der Waals surface area contributed by atoms with Gasteiger partial charge in [-0.15, -0.1) is 0 Å². The van der Waals surface area contributed by atoms with Crippen LogP contribution in [0.3, 0.4) is 0 Å². The molecule has 0 N–H and O–H groups in total. The van der Waals surface area contributed by atoms with Crippen molar-refractivity contribution in [2.24, 2.45) is 23.7 Å². The Kier molecular flexibility index (Phi) is 2.82. The van der Waals surface area contributed by atoms with Crippen molar-refractivity contribution in [1.29, 1.82) is 0 Å². The maximum atomic E-state index is 5.63. The number of hydrogen-bond acceptors (Lipinski definition) is 1. The zero-order valence-corrected chi connectivity index (χ0v) is 7.71. The van der Waals surface area contributed by atoms with Crippen LogP contribution in [0, 0.1) is 23.7 Å². The average molecular weight is 170 g/mol. The number of ether oxygens (including phenoxy) is 1. The molecule has 0 bridgehead atoms. The van der Waals surface area contributed by atoms with Crippen LogP contribution in [0.2, 0.25) is 0 Å². The van der Waals surface area contributed by atoms with Gasteiger partial charge in [0.05, 0.1) is 6.10 Å². The van der Waals surface area contributed by atoms with Crippen molar-refractivity contribution >= 4 is 0 Å². The second-order valence-corrected chi connectivity index (χ2v) is 4.32. The molecule has 12 heavy (non-hydrogen) atoms. The van der Waals surface area contributed by atoms with Gasteiger partial charge in [-0.05, 0) is 37.0 Å². The molecule has 0 aromatic heterocycles. The molecule has 0 aromatic rings. The van der Waals surface area contributed by atoms with E-state index in [2.05, 4.69) is 20.8 Å². The largest absolute Gasteiger partial charge is 0.378 e. The Morgan fingerprint density at radius 1 is 1.08 bits per heavy atom. The SMILES string of the molecule is C.CC1OCCC2C(C)C(C)C12. The lowest BCUT2D eigenvalue weighted by Crippen LogP contribution is -2.53. The average Bonchev–Trinajstić information content (AvgIpc) is 2.03. The van der Waals surface area contributed by atoms with Crippen LogP contribution >= 0.6 is 0 Å². The van der Waals surface area contributed by atoms with Crippen molar-refractivity contribution in [3.63, 3.8) is 0 Å². The highest BCUT2D eigenvalue weighted by atomic mass is 16.5. The maximum absolute atomic E-state index is 5.63. The molecule has 1 saturated carbocycles. The Labute approximate surface area is 76.5 Å². The fourth-order valence-corrected chi connectivity index (χ4v) is 3.07. The molecule has 2 rings (SSSR count). The van der Waals surface area contributed by atoms with Crippen LogP contribution < -0.4 is 0 Å². The van der Waals surface area contributed by atoms with Crippen LogP contribution in [-0.4, -0.2) is 12.7 Å². The van der Waals surface area contributed by atoms with Gasteiger partial charge in [0.1, 0.15) is 0 Å². The van der Waals surface area contributed by atoms with E-state index in [1.165, 1.54) is 6.42 Å². The van der Waals surface area contributed by atoms with Crippen LogP contribution in [0.25, 0.3) is 0 Å². The second-order valence-electron chi connectivity index (χ2n) is 4.32. The molecule has 5 unspecified atom stereocenters. The summed E-state index contributed by atoms with van der Waals surface area (Å²) in [7, 11) is 0. The van der Waals surface area contributed by atoms with E-state index < -0.39 is 0 Å². The molecule has 0 aromatic carbocycles. The summed E-state index contributed by atoms with van der Waals surface area (Å²) in [6.07, 6.45) is 1.83. The highest BCUT2D eigenvalue weighted by Gasteiger charge is 2.49.